The number of rotatable bonds is 8. The summed E-state index contributed by atoms with van der Waals surface area (Å²) in [5.41, 5.74) is 3.18. The zero-order valence-corrected chi connectivity index (χ0v) is 19.1. The largest absolute Gasteiger partial charge is 0.491 e. The average molecular weight is 442 g/mol. The Bertz CT molecular complexity index is 1160. The van der Waals surface area contributed by atoms with E-state index in [1.807, 2.05) is 92.4 Å². The maximum atomic E-state index is 13.7. The number of carbonyl (C=O) groups excluding carboxylic acids is 2. The van der Waals surface area contributed by atoms with Gasteiger partial charge in [0.15, 0.2) is 0 Å². The Morgan fingerprint density at radius 3 is 2.18 bits per heavy atom. The number of likely N-dealkylation sites (N-methyl/N-ethyl adjacent to an activating group) is 1. The Morgan fingerprint density at radius 1 is 0.909 bits per heavy atom. The van der Waals surface area contributed by atoms with Gasteiger partial charge in [0.2, 0.25) is 0 Å². The predicted octanol–water partition coefficient (Wildman–Crippen LogP) is 4.68. The van der Waals surface area contributed by atoms with Gasteiger partial charge in [0.1, 0.15) is 11.4 Å². The fraction of sp³-hybridized carbons (Fsp3) is 0.222. The molecular weight excluding hydrogens is 414 g/mol. The molecule has 1 aliphatic heterocycles. The van der Waals surface area contributed by atoms with Crippen molar-refractivity contribution in [3.8, 4) is 5.75 Å². The minimum atomic E-state index is -0.307. The molecule has 2 amide bonds. The molecule has 0 N–H and O–H groups in total. The number of hydrogen-bond donors (Lipinski definition) is 0. The van der Waals surface area contributed by atoms with Crippen molar-refractivity contribution in [3.05, 3.63) is 95.9 Å². The van der Waals surface area contributed by atoms with Crippen LogP contribution >= 0.6 is 0 Å². The summed E-state index contributed by atoms with van der Waals surface area (Å²) >= 11 is 0. The van der Waals surface area contributed by atoms with E-state index in [0.717, 1.165) is 17.0 Å². The van der Waals surface area contributed by atoms with Crippen LogP contribution in [0.2, 0.25) is 0 Å². The van der Waals surface area contributed by atoms with Crippen LogP contribution < -0.4 is 9.64 Å². The van der Waals surface area contributed by atoms with Crippen LogP contribution in [0, 0.1) is 0 Å². The molecule has 0 atom stereocenters. The number of imide groups is 1. The summed E-state index contributed by atoms with van der Waals surface area (Å²) in [6, 6.07) is 20.6. The molecule has 3 aromatic rings. The van der Waals surface area contributed by atoms with E-state index in [-0.39, 0.29) is 24.5 Å². The predicted molar refractivity (Wildman–Crippen MR) is 128 cm³/mol. The third-order valence-corrected chi connectivity index (χ3v) is 5.40. The molecule has 0 fully saturated rings. The lowest BCUT2D eigenvalue weighted by Gasteiger charge is -2.25. The number of para-hydroxylation sites is 1. The summed E-state index contributed by atoms with van der Waals surface area (Å²) < 4.78 is 5.75. The van der Waals surface area contributed by atoms with Gasteiger partial charge in [-0.25, -0.2) is 0 Å². The second kappa shape index (κ2) is 9.69. The Hall–Kier alpha value is -3.93. The molecule has 4 rings (SSSR count). The molecule has 1 aliphatic rings. The summed E-state index contributed by atoms with van der Waals surface area (Å²) in [6.45, 7) is 6.63. The van der Waals surface area contributed by atoms with Gasteiger partial charge in [0, 0.05) is 24.6 Å². The van der Waals surface area contributed by atoms with E-state index in [1.54, 1.807) is 12.4 Å². The molecule has 0 saturated carbocycles. The van der Waals surface area contributed by atoms with Crippen LogP contribution in [0.5, 0.6) is 5.75 Å². The lowest BCUT2D eigenvalue weighted by atomic mass is 10.0. The molecule has 2 aromatic carbocycles. The molecule has 0 radical (unpaired) electrons. The number of ether oxygens (including phenoxy) is 1. The van der Waals surface area contributed by atoms with Crippen molar-refractivity contribution < 1.29 is 14.3 Å². The number of hydrogen-bond acceptors (Lipinski definition) is 5. The first-order valence-corrected chi connectivity index (χ1v) is 11.1. The van der Waals surface area contributed by atoms with E-state index in [9.17, 15) is 9.59 Å². The Morgan fingerprint density at radius 2 is 1.58 bits per heavy atom. The minimum Gasteiger partial charge on any atom is -0.491 e. The standard InChI is InChI=1S/C27H27N3O3/c1-4-29(22-8-6-5-7-9-22)25-24(21-10-12-23(13-11-21)33-19(2)3)26(31)30(27(25)32)18-20-14-16-28-17-15-20/h5-17,19H,4,18H2,1-3H3. The van der Waals surface area contributed by atoms with E-state index < -0.39 is 0 Å². The molecular formula is C27H27N3O3. The lowest BCUT2D eigenvalue weighted by Crippen LogP contribution is -2.34. The summed E-state index contributed by atoms with van der Waals surface area (Å²) in [5, 5.41) is 0. The first-order chi connectivity index (χ1) is 16.0. The molecule has 2 heterocycles. The maximum Gasteiger partial charge on any atom is 0.278 e. The zero-order valence-electron chi connectivity index (χ0n) is 19.1. The van der Waals surface area contributed by atoms with Gasteiger partial charge < -0.3 is 9.64 Å². The number of nitrogens with zero attached hydrogens (tertiary/aromatic N) is 3. The first-order valence-electron chi connectivity index (χ1n) is 11.1. The Kier molecular flexibility index (Phi) is 6.54. The number of benzene rings is 2. The van der Waals surface area contributed by atoms with Crippen molar-refractivity contribution in [3.63, 3.8) is 0 Å². The first kappa shape index (κ1) is 22.3. The topological polar surface area (TPSA) is 62.7 Å². The molecule has 0 aliphatic carbocycles. The van der Waals surface area contributed by atoms with Crippen LogP contribution in [0.25, 0.3) is 5.57 Å². The Labute approximate surface area is 194 Å². The van der Waals surface area contributed by atoms with Crippen LogP contribution in [0.1, 0.15) is 31.9 Å². The van der Waals surface area contributed by atoms with Gasteiger partial charge in [-0.05, 0) is 68.3 Å². The van der Waals surface area contributed by atoms with Crippen LogP contribution in [0.3, 0.4) is 0 Å². The molecule has 6 nitrogen and oxygen atoms in total. The van der Waals surface area contributed by atoms with E-state index in [1.165, 1.54) is 4.90 Å². The van der Waals surface area contributed by atoms with E-state index >= 15 is 0 Å². The zero-order chi connectivity index (χ0) is 23.4. The highest BCUT2D eigenvalue weighted by Crippen LogP contribution is 2.35. The SMILES string of the molecule is CCN(C1=C(c2ccc(OC(C)C)cc2)C(=O)N(Cc2ccncc2)C1=O)c1ccccc1. The van der Waals surface area contributed by atoms with Crippen LogP contribution in [-0.4, -0.2) is 34.3 Å². The van der Waals surface area contributed by atoms with E-state index in [2.05, 4.69) is 4.98 Å². The van der Waals surface area contributed by atoms with E-state index in [0.29, 0.717) is 23.4 Å². The normalized spacial score (nSPS) is 13.8. The van der Waals surface area contributed by atoms with Crippen molar-refractivity contribution in [2.45, 2.75) is 33.4 Å². The second-order valence-corrected chi connectivity index (χ2v) is 8.05. The smallest absolute Gasteiger partial charge is 0.278 e. The number of pyridine rings is 1. The number of amides is 2. The third kappa shape index (κ3) is 4.65. The van der Waals surface area contributed by atoms with Crippen molar-refractivity contribution in [2.75, 3.05) is 11.4 Å². The number of anilines is 1. The third-order valence-electron chi connectivity index (χ3n) is 5.40. The van der Waals surface area contributed by atoms with Gasteiger partial charge >= 0.3 is 0 Å². The van der Waals surface area contributed by atoms with Crippen molar-refractivity contribution in [1.29, 1.82) is 0 Å². The van der Waals surface area contributed by atoms with Gasteiger partial charge in [-0.15, -0.1) is 0 Å². The molecule has 6 heteroatoms. The summed E-state index contributed by atoms with van der Waals surface area (Å²) in [4.78, 5) is 34.5. The van der Waals surface area contributed by atoms with Crippen LogP contribution in [0.15, 0.2) is 84.8 Å². The second-order valence-electron chi connectivity index (χ2n) is 8.05. The molecule has 0 unspecified atom stereocenters. The average Bonchev–Trinajstić information content (AvgIpc) is 3.06. The van der Waals surface area contributed by atoms with Gasteiger partial charge in [-0.1, -0.05) is 30.3 Å². The summed E-state index contributed by atoms with van der Waals surface area (Å²) in [7, 11) is 0. The molecule has 0 bridgehead atoms. The van der Waals surface area contributed by atoms with Gasteiger partial charge in [0.05, 0.1) is 18.2 Å². The molecule has 0 saturated heterocycles. The lowest BCUT2D eigenvalue weighted by molar-refractivity contribution is -0.137. The van der Waals surface area contributed by atoms with E-state index in [4.69, 9.17) is 4.74 Å². The van der Waals surface area contributed by atoms with Gasteiger partial charge in [0.25, 0.3) is 11.8 Å². The quantitative estimate of drug-likeness (QED) is 0.475. The maximum absolute atomic E-state index is 13.7. The van der Waals surface area contributed by atoms with Gasteiger partial charge in [-0.2, -0.15) is 0 Å². The highest BCUT2D eigenvalue weighted by Gasteiger charge is 2.41. The molecule has 33 heavy (non-hydrogen) atoms. The summed E-state index contributed by atoms with van der Waals surface area (Å²) in [6.07, 6.45) is 3.36. The molecule has 0 spiro atoms. The monoisotopic (exact) mass is 441 g/mol. The van der Waals surface area contributed by atoms with Crippen molar-refractivity contribution in [1.82, 2.24) is 9.88 Å². The molecule has 168 valence electrons. The Balaban J connectivity index is 1.79. The summed E-state index contributed by atoms with van der Waals surface area (Å²) in [5.74, 6) is 0.107. The van der Waals surface area contributed by atoms with Crippen molar-refractivity contribution in [2.24, 2.45) is 0 Å². The van der Waals surface area contributed by atoms with Crippen LogP contribution in [-0.2, 0) is 16.1 Å². The fourth-order valence-corrected chi connectivity index (χ4v) is 3.94. The number of carbonyl (C=O) groups is 2. The minimum absolute atomic E-state index is 0.0461. The number of aromatic nitrogens is 1. The van der Waals surface area contributed by atoms with Gasteiger partial charge in [-0.3, -0.25) is 19.5 Å². The highest BCUT2D eigenvalue weighted by atomic mass is 16.5. The molecule has 1 aromatic heterocycles. The highest BCUT2D eigenvalue weighted by molar-refractivity contribution is 6.36. The van der Waals surface area contributed by atoms with Crippen LogP contribution in [0.4, 0.5) is 5.69 Å². The fourth-order valence-electron chi connectivity index (χ4n) is 3.94. The van der Waals surface area contributed by atoms with Crippen molar-refractivity contribution >= 4 is 23.1 Å².